The number of benzene rings is 1. The normalized spacial score (nSPS) is 10.3. The summed E-state index contributed by atoms with van der Waals surface area (Å²) in [6, 6.07) is 7.31. The summed E-state index contributed by atoms with van der Waals surface area (Å²) in [4.78, 5) is 11.5. The van der Waals surface area contributed by atoms with E-state index in [1.807, 2.05) is 18.2 Å². The molecule has 0 bridgehead atoms. The lowest BCUT2D eigenvalue weighted by Gasteiger charge is -2.11. The number of nitrogens with zero attached hydrogens (tertiary/aromatic N) is 3. The maximum Gasteiger partial charge on any atom is 0.241 e. The van der Waals surface area contributed by atoms with Crippen LogP contribution in [0.2, 0.25) is 0 Å². The molecule has 0 saturated carbocycles. The van der Waals surface area contributed by atoms with Crippen LogP contribution in [0.5, 0.6) is 5.75 Å². The monoisotopic (exact) mass is 276 g/mol. The van der Waals surface area contributed by atoms with Crippen LogP contribution < -0.4 is 10.1 Å². The Morgan fingerprint density at radius 3 is 2.85 bits per heavy atom. The van der Waals surface area contributed by atoms with Gasteiger partial charge in [0.25, 0.3) is 0 Å². The molecule has 2 aromatic rings. The number of para-hydroxylation sites is 1. The van der Waals surface area contributed by atoms with Crippen LogP contribution in [-0.4, -0.2) is 40.2 Å². The third kappa shape index (κ3) is 2.62. The molecule has 7 heteroatoms. The second-order valence-electron chi connectivity index (χ2n) is 4.07. The number of rotatable bonds is 5. The second-order valence-corrected chi connectivity index (χ2v) is 4.07. The summed E-state index contributed by atoms with van der Waals surface area (Å²) in [7, 11) is 3.11. The number of amides is 1. The average molecular weight is 276 g/mol. The summed E-state index contributed by atoms with van der Waals surface area (Å²) < 4.78 is 6.75. The van der Waals surface area contributed by atoms with Gasteiger partial charge in [-0.15, -0.1) is 5.10 Å². The van der Waals surface area contributed by atoms with Gasteiger partial charge in [-0.3, -0.25) is 4.79 Å². The summed E-state index contributed by atoms with van der Waals surface area (Å²) in [5.74, 6) is 0.429. The molecule has 0 aliphatic heterocycles. The van der Waals surface area contributed by atoms with E-state index >= 15 is 0 Å². The predicted molar refractivity (Wildman–Crippen MR) is 72.0 cm³/mol. The molecule has 0 radical (unpaired) electrons. The molecular formula is C13H16N4O3. The molecular weight excluding hydrogens is 260 g/mol. The summed E-state index contributed by atoms with van der Waals surface area (Å²) in [5, 5.41) is 19.7. The minimum atomic E-state index is -0.263. The number of methoxy groups -OCH3 is 1. The highest BCUT2D eigenvalue weighted by Gasteiger charge is 2.18. The fraction of sp³-hybridized carbons (Fsp3) is 0.308. The summed E-state index contributed by atoms with van der Waals surface area (Å²) in [6.07, 6.45) is 0. The molecule has 2 rings (SSSR count). The highest BCUT2D eigenvalue weighted by atomic mass is 16.5. The van der Waals surface area contributed by atoms with Crippen molar-refractivity contribution in [1.82, 2.24) is 20.3 Å². The minimum Gasteiger partial charge on any atom is -0.496 e. The van der Waals surface area contributed by atoms with E-state index < -0.39 is 0 Å². The smallest absolute Gasteiger partial charge is 0.241 e. The summed E-state index contributed by atoms with van der Waals surface area (Å²) >= 11 is 0. The first-order valence-corrected chi connectivity index (χ1v) is 6.08. The number of nitrogens with one attached hydrogen (secondary N) is 1. The molecule has 0 fully saturated rings. The lowest BCUT2D eigenvalue weighted by molar-refractivity contribution is -0.121. The Labute approximate surface area is 116 Å². The molecule has 0 spiro atoms. The molecule has 0 saturated heterocycles. The highest BCUT2D eigenvalue weighted by Crippen LogP contribution is 2.31. The number of aromatic nitrogens is 3. The van der Waals surface area contributed by atoms with E-state index in [1.54, 1.807) is 20.2 Å². The topological polar surface area (TPSA) is 89.3 Å². The largest absolute Gasteiger partial charge is 0.496 e. The van der Waals surface area contributed by atoms with Gasteiger partial charge in [0.15, 0.2) is 0 Å². The molecule has 0 aliphatic rings. The van der Waals surface area contributed by atoms with Crippen molar-refractivity contribution >= 4 is 5.91 Å². The molecule has 0 atom stereocenters. The number of hydrogen-bond acceptors (Lipinski definition) is 5. The van der Waals surface area contributed by atoms with Crippen LogP contribution in [0.1, 0.15) is 5.69 Å². The van der Waals surface area contributed by atoms with Crippen LogP contribution in [0.3, 0.4) is 0 Å². The van der Waals surface area contributed by atoms with Gasteiger partial charge in [-0.2, -0.15) is 0 Å². The first-order valence-electron chi connectivity index (χ1n) is 6.08. The number of carbonyl (C=O) groups is 1. The maximum absolute atomic E-state index is 11.5. The molecule has 1 aromatic carbocycles. The molecule has 7 nitrogen and oxygen atoms in total. The van der Waals surface area contributed by atoms with Crippen molar-refractivity contribution in [2.75, 3.05) is 14.2 Å². The summed E-state index contributed by atoms with van der Waals surface area (Å²) in [5.41, 5.74) is 1.71. The van der Waals surface area contributed by atoms with E-state index in [9.17, 15) is 9.90 Å². The molecule has 1 heterocycles. The summed E-state index contributed by atoms with van der Waals surface area (Å²) in [6.45, 7) is -0.238. The predicted octanol–water partition coefficient (Wildman–Crippen LogP) is 0.192. The first kappa shape index (κ1) is 14.0. The third-order valence-electron chi connectivity index (χ3n) is 2.89. The highest BCUT2D eigenvalue weighted by molar-refractivity contribution is 5.77. The number of aliphatic hydroxyl groups is 1. The van der Waals surface area contributed by atoms with Gasteiger partial charge in [0.1, 0.15) is 18.0 Å². The van der Waals surface area contributed by atoms with E-state index in [0.717, 1.165) is 5.56 Å². The third-order valence-corrected chi connectivity index (χ3v) is 2.89. The molecule has 20 heavy (non-hydrogen) atoms. The molecule has 2 N–H and O–H groups in total. The standard InChI is InChI=1S/C13H16N4O3/c1-14-12(19)7-17-13(10(8-18)15-16-17)9-5-3-4-6-11(9)20-2/h3-6,18H,7-8H2,1-2H3,(H,14,19). The lowest BCUT2D eigenvalue weighted by atomic mass is 10.1. The zero-order chi connectivity index (χ0) is 14.5. The maximum atomic E-state index is 11.5. The van der Waals surface area contributed by atoms with Crippen molar-refractivity contribution < 1.29 is 14.6 Å². The Hall–Kier alpha value is -2.41. The van der Waals surface area contributed by atoms with Crippen LogP contribution in [0.15, 0.2) is 24.3 Å². The van der Waals surface area contributed by atoms with Crippen LogP contribution in [0.25, 0.3) is 11.3 Å². The molecule has 1 amide bonds. The van der Waals surface area contributed by atoms with Crippen molar-refractivity contribution in [1.29, 1.82) is 0 Å². The quantitative estimate of drug-likeness (QED) is 0.814. The van der Waals surface area contributed by atoms with Gasteiger partial charge in [-0.1, -0.05) is 17.3 Å². The van der Waals surface area contributed by atoms with Crippen molar-refractivity contribution in [3.63, 3.8) is 0 Å². The number of ether oxygens (including phenoxy) is 1. The molecule has 0 unspecified atom stereocenters. The Kier molecular flexibility index (Phi) is 4.31. The van der Waals surface area contributed by atoms with E-state index in [4.69, 9.17) is 4.74 Å². The van der Waals surface area contributed by atoms with Crippen molar-refractivity contribution in [2.24, 2.45) is 0 Å². The Morgan fingerprint density at radius 1 is 1.45 bits per heavy atom. The number of aliphatic hydroxyl groups excluding tert-OH is 1. The van der Waals surface area contributed by atoms with Crippen molar-refractivity contribution in [3.05, 3.63) is 30.0 Å². The zero-order valence-corrected chi connectivity index (χ0v) is 11.3. The fourth-order valence-corrected chi connectivity index (χ4v) is 1.92. The van der Waals surface area contributed by atoms with Crippen LogP contribution in [0.4, 0.5) is 0 Å². The van der Waals surface area contributed by atoms with E-state index in [0.29, 0.717) is 17.1 Å². The SMILES string of the molecule is CNC(=O)Cn1nnc(CO)c1-c1ccccc1OC. The van der Waals surface area contributed by atoms with Crippen molar-refractivity contribution in [3.8, 4) is 17.0 Å². The van der Waals surface area contributed by atoms with Crippen LogP contribution in [0, 0.1) is 0 Å². The number of hydrogen-bond donors (Lipinski definition) is 2. The number of likely N-dealkylation sites (N-methyl/N-ethyl adjacent to an activating group) is 1. The van der Waals surface area contributed by atoms with E-state index in [-0.39, 0.29) is 19.1 Å². The Balaban J connectivity index is 2.53. The lowest BCUT2D eigenvalue weighted by Crippen LogP contribution is -2.24. The first-order chi connectivity index (χ1) is 9.71. The van der Waals surface area contributed by atoms with Gasteiger partial charge in [-0.25, -0.2) is 4.68 Å². The zero-order valence-electron chi connectivity index (χ0n) is 11.3. The molecule has 106 valence electrons. The van der Waals surface area contributed by atoms with Gasteiger partial charge in [-0.05, 0) is 12.1 Å². The van der Waals surface area contributed by atoms with Crippen molar-refractivity contribution in [2.45, 2.75) is 13.2 Å². The Bertz CT molecular complexity index is 609. The molecule has 1 aromatic heterocycles. The fourth-order valence-electron chi connectivity index (χ4n) is 1.92. The molecule has 0 aliphatic carbocycles. The Morgan fingerprint density at radius 2 is 2.20 bits per heavy atom. The van der Waals surface area contributed by atoms with Gasteiger partial charge < -0.3 is 15.2 Å². The van der Waals surface area contributed by atoms with Crippen LogP contribution >= 0.6 is 0 Å². The van der Waals surface area contributed by atoms with Crippen LogP contribution in [-0.2, 0) is 17.9 Å². The van der Waals surface area contributed by atoms with Gasteiger partial charge >= 0.3 is 0 Å². The average Bonchev–Trinajstić information content (AvgIpc) is 2.89. The van der Waals surface area contributed by atoms with E-state index in [1.165, 1.54) is 4.68 Å². The van der Waals surface area contributed by atoms with Gasteiger partial charge in [0, 0.05) is 12.6 Å². The van der Waals surface area contributed by atoms with Gasteiger partial charge in [0.2, 0.25) is 5.91 Å². The second kappa shape index (κ2) is 6.16. The van der Waals surface area contributed by atoms with E-state index in [2.05, 4.69) is 15.6 Å². The number of carbonyl (C=O) groups excluding carboxylic acids is 1. The minimum absolute atomic E-state index is 0.0247. The van der Waals surface area contributed by atoms with Gasteiger partial charge in [0.05, 0.1) is 19.4 Å².